The molecule has 0 atom stereocenters. The fraction of sp³-hybridized carbons (Fsp3) is 0.611. The minimum atomic E-state index is -0.402. The number of unbranched alkanes of at least 4 members (excludes halogenated alkanes) is 5. The van der Waals surface area contributed by atoms with E-state index in [-0.39, 0.29) is 5.97 Å². The number of hydrogen-bond acceptors (Lipinski definition) is 2. The Morgan fingerprint density at radius 1 is 1.00 bits per heavy atom. The number of hydrogen-bond donors (Lipinski definition) is 0. The fourth-order valence-electron chi connectivity index (χ4n) is 2.18. The van der Waals surface area contributed by atoms with Crippen LogP contribution in [0.25, 0.3) is 0 Å². The average Bonchev–Trinajstić information content (AvgIpc) is 2.43. The van der Waals surface area contributed by atoms with Crippen LogP contribution in [0.15, 0.2) is 30.3 Å². The van der Waals surface area contributed by atoms with Gasteiger partial charge in [-0.15, -0.1) is 0 Å². The van der Waals surface area contributed by atoms with Crippen LogP contribution in [0, 0.1) is 5.41 Å². The largest absolute Gasteiger partial charge is 0.426 e. The molecule has 0 bridgehead atoms. The summed E-state index contributed by atoms with van der Waals surface area (Å²) in [4.78, 5) is 12.2. The van der Waals surface area contributed by atoms with Gasteiger partial charge in [0.1, 0.15) is 5.75 Å². The molecule has 0 saturated heterocycles. The van der Waals surface area contributed by atoms with E-state index < -0.39 is 5.41 Å². The highest BCUT2D eigenvalue weighted by atomic mass is 16.5. The Morgan fingerprint density at radius 2 is 1.60 bits per heavy atom. The molecule has 112 valence electrons. The van der Waals surface area contributed by atoms with Crippen molar-refractivity contribution >= 4 is 5.97 Å². The number of benzene rings is 1. The molecule has 0 fully saturated rings. The van der Waals surface area contributed by atoms with Crippen molar-refractivity contribution in [1.82, 2.24) is 0 Å². The Kier molecular flexibility index (Phi) is 7.35. The number of esters is 1. The molecule has 1 rings (SSSR count). The zero-order valence-corrected chi connectivity index (χ0v) is 13.2. The summed E-state index contributed by atoms with van der Waals surface area (Å²) in [6.45, 7) is 6.18. The maximum Gasteiger partial charge on any atom is 0.316 e. The van der Waals surface area contributed by atoms with Crippen molar-refractivity contribution < 1.29 is 9.53 Å². The Hall–Kier alpha value is -1.31. The third-order valence-corrected chi connectivity index (χ3v) is 3.66. The first-order chi connectivity index (χ1) is 9.56. The van der Waals surface area contributed by atoms with Crippen molar-refractivity contribution in [3.8, 4) is 5.75 Å². The van der Waals surface area contributed by atoms with Crippen LogP contribution < -0.4 is 4.74 Å². The minimum absolute atomic E-state index is 0.128. The molecule has 0 saturated carbocycles. The SMILES string of the molecule is CCCCCCCCC(C)(C)C(=O)Oc1ccccc1. The Balaban J connectivity index is 2.30. The average molecular weight is 276 g/mol. The molecule has 2 nitrogen and oxygen atoms in total. The monoisotopic (exact) mass is 276 g/mol. The summed E-state index contributed by atoms with van der Waals surface area (Å²) in [7, 11) is 0. The molecular formula is C18H28O2. The molecule has 0 radical (unpaired) electrons. The van der Waals surface area contributed by atoms with Gasteiger partial charge in [0, 0.05) is 0 Å². The summed E-state index contributed by atoms with van der Waals surface area (Å²) < 4.78 is 5.44. The smallest absolute Gasteiger partial charge is 0.316 e. The van der Waals surface area contributed by atoms with Crippen LogP contribution in [-0.4, -0.2) is 5.97 Å². The first-order valence-electron chi connectivity index (χ1n) is 7.83. The molecule has 0 aliphatic carbocycles. The second kappa shape index (κ2) is 8.78. The second-order valence-corrected chi connectivity index (χ2v) is 6.10. The Morgan fingerprint density at radius 3 is 2.25 bits per heavy atom. The molecular weight excluding hydrogens is 248 g/mol. The molecule has 0 unspecified atom stereocenters. The van der Waals surface area contributed by atoms with Crippen molar-refractivity contribution in [3.05, 3.63) is 30.3 Å². The van der Waals surface area contributed by atoms with Crippen molar-refractivity contribution in [2.45, 2.75) is 65.7 Å². The normalized spacial score (nSPS) is 11.3. The molecule has 20 heavy (non-hydrogen) atoms. The van der Waals surface area contributed by atoms with E-state index in [1.54, 1.807) is 0 Å². The molecule has 0 aromatic heterocycles. The van der Waals surface area contributed by atoms with Crippen LogP contribution in [0.1, 0.15) is 65.7 Å². The van der Waals surface area contributed by atoms with Crippen molar-refractivity contribution in [1.29, 1.82) is 0 Å². The Labute approximate surface area is 123 Å². The third kappa shape index (κ3) is 6.23. The van der Waals surface area contributed by atoms with E-state index in [9.17, 15) is 4.79 Å². The molecule has 0 amide bonds. The standard InChI is InChI=1S/C18H28O2/c1-4-5-6-7-8-12-15-18(2,3)17(19)20-16-13-10-9-11-14-16/h9-11,13-14H,4-8,12,15H2,1-3H3. The van der Waals surface area contributed by atoms with Crippen LogP contribution in [0.2, 0.25) is 0 Å². The maximum absolute atomic E-state index is 12.2. The van der Waals surface area contributed by atoms with Crippen molar-refractivity contribution in [2.24, 2.45) is 5.41 Å². The summed E-state index contributed by atoms with van der Waals surface area (Å²) in [6, 6.07) is 9.31. The zero-order valence-electron chi connectivity index (χ0n) is 13.2. The van der Waals surface area contributed by atoms with Crippen LogP contribution in [0.4, 0.5) is 0 Å². The van der Waals surface area contributed by atoms with Crippen LogP contribution in [-0.2, 0) is 4.79 Å². The van der Waals surface area contributed by atoms with E-state index in [0.29, 0.717) is 5.75 Å². The molecule has 0 heterocycles. The van der Waals surface area contributed by atoms with Crippen molar-refractivity contribution in [3.63, 3.8) is 0 Å². The van der Waals surface area contributed by atoms with Gasteiger partial charge >= 0.3 is 5.97 Å². The maximum atomic E-state index is 12.2. The van der Waals surface area contributed by atoms with Gasteiger partial charge in [-0.1, -0.05) is 63.6 Å². The number of carbonyl (C=O) groups is 1. The summed E-state index contributed by atoms with van der Waals surface area (Å²) in [5, 5.41) is 0. The lowest BCUT2D eigenvalue weighted by Gasteiger charge is -2.22. The van der Waals surface area contributed by atoms with Gasteiger partial charge in [0.25, 0.3) is 0 Å². The number of para-hydroxylation sites is 1. The van der Waals surface area contributed by atoms with Gasteiger partial charge in [-0.3, -0.25) is 4.79 Å². The second-order valence-electron chi connectivity index (χ2n) is 6.10. The highest BCUT2D eigenvalue weighted by molar-refractivity contribution is 5.78. The number of ether oxygens (including phenoxy) is 1. The highest BCUT2D eigenvalue weighted by Crippen LogP contribution is 2.27. The predicted molar refractivity (Wildman–Crippen MR) is 83.9 cm³/mol. The number of rotatable bonds is 9. The van der Waals surface area contributed by atoms with E-state index >= 15 is 0 Å². The molecule has 0 spiro atoms. The Bertz CT molecular complexity index is 382. The quantitative estimate of drug-likeness (QED) is 0.344. The lowest BCUT2D eigenvalue weighted by molar-refractivity contribution is -0.144. The lowest BCUT2D eigenvalue weighted by atomic mass is 9.87. The molecule has 1 aromatic carbocycles. The summed E-state index contributed by atoms with van der Waals surface area (Å²) in [5.74, 6) is 0.505. The first-order valence-corrected chi connectivity index (χ1v) is 7.83. The minimum Gasteiger partial charge on any atom is -0.426 e. The fourth-order valence-corrected chi connectivity index (χ4v) is 2.18. The van der Waals surface area contributed by atoms with E-state index in [4.69, 9.17) is 4.74 Å². The summed E-state index contributed by atoms with van der Waals surface area (Å²) in [5.41, 5.74) is -0.402. The number of carbonyl (C=O) groups excluding carboxylic acids is 1. The molecule has 2 heteroatoms. The predicted octanol–water partition coefficient (Wildman–Crippen LogP) is 5.37. The van der Waals surface area contributed by atoms with E-state index in [2.05, 4.69) is 6.92 Å². The van der Waals surface area contributed by atoms with Gasteiger partial charge in [0.2, 0.25) is 0 Å². The molecule has 0 aliphatic heterocycles. The van der Waals surface area contributed by atoms with Crippen LogP contribution >= 0.6 is 0 Å². The van der Waals surface area contributed by atoms with Gasteiger partial charge < -0.3 is 4.74 Å². The van der Waals surface area contributed by atoms with Gasteiger partial charge in [0.05, 0.1) is 5.41 Å². The van der Waals surface area contributed by atoms with Crippen LogP contribution in [0.3, 0.4) is 0 Å². The van der Waals surface area contributed by atoms with E-state index in [1.165, 1.54) is 32.1 Å². The first kappa shape index (κ1) is 16.7. The van der Waals surface area contributed by atoms with E-state index in [0.717, 1.165) is 12.8 Å². The van der Waals surface area contributed by atoms with Crippen LogP contribution in [0.5, 0.6) is 5.75 Å². The summed E-state index contributed by atoms with van der Waals surface area (Å²) >= 11 is 0. The van der Waals surface area contributed by atoms with Gasteiger partial charge in [-0.2, -0.15) is 0 Å². The molecule has 0 aliphatic rings. The van der Waals surface area contributed by atoms with E-state index in [1.807, 2.05) is 44.2 Å². The van der Waals surface area contributed by atoms with Gasteiger partial charge in [-0.25, -0.2) is 0 Å². The van der Waals surface area contributed by atoms with Gasteiger partial charge in [0.15, 0.2) is 0 Å². The van der Waals surface area contributed by atoms with Crippen molar-refractivity contribution in [2.75, 3.05) is 0 Å². The summed E-state index contributed by atoms with van der Waals surface area (Å²) in [6.07, 6.45) is 8.38. The zero-order chi connectivity index (χ0) is 14.8. The molecule has 0 N–H and O–H groups in total. The molecule has 1 aromatic rings. The topological polar surface area (TPSA) is 26.3 Å². The van der Waals surface area contributed by atoms with Gasteiger partial charge in [-0.05, 0) is 32.4 Å². The third-order valence-electron chi connectivity index (χ3n) is 3.66. The lowest BCUT2D eigenvalue weighted by Crippen LogP contribution is -2.29. The highest BCUT2D eigenvalue weighted by Gasteiger charge is 2.29.